The molecule has 0 aliphatic heterocycles. The fourth-order valence-electron chi connectivity index (χ4n) is 3.65. The largest absolute Gasteiger partial charge is 0.480 e. The first-order valence-corrected chi connectivity index (χ1v) is 13.1. The van der Waals surface area contributed by atoms with E-state index in [0.29, 0.717) is 32.7 Å². The summed E-state index contributed by atoms with van der Waals surface area (Å²) < 4.78 is 35.3. The number of sulfonamides is 1. The van der Waals surface area contributed by atoms with E-state index in [4.69, 9.17) is 10.5 Å². The van der Waals surface area contributed by atoms with Gasteiger partial charge in [0.25, 0.3) is 15.6 Å². The highest BCUT2D eigenvalue weighted by Crippen LogP contribution is 2.32. The van der Waals surface area contributed by atoms with E-state index in [1.165, 1.54) is 24.2 Å². The lowest BCUT2D eigenvalue weighted by atomic mass is 10.0. The monoisotopic (exact) mass is 528 g/mol. The summed E-state index contributed by atoms with van der Waals surface area (Å²) in [5, 5.41) is 0.966. The summed E-state index contributed by atoms with van der Waals surface area (Å²) in [5.41, 5.74) is 7.18. The molecule has 11 nitrogen and oxygen atoms in total. The van der Waals surface area contributed by atoms with Crippen molar-refractivity contribution in [3.05, 3.63) is 57.8 Å². The van der Waals surface area contributed by atoms with Gasteiger partial charge < -0.3 is 10.5 Å². The summed E-state index contributed by atoms with van der Waals surface area (Å²) in [6, 6.07) is 6.67. The zero-order valence-corrected chi connectivity index (χ0v) is 21.6. The predicted molar refractivity (Wildman–Crippen MR) is 137 cm³/mol. The minimum atomic E-state index is -3.94. The van der Waals surface area contributed by atoms with Crippen molar-refractivity contribution in [2.75, 3.05) is 11.8 Å². The summed E-state index contributed by atoms with van der Waals surface area (Å²) in [6.45, 7) is 5.10. The molecule has 0 saturated heterocycles. The summed E-state index contributed by atoms with van der Waals surface area (Å²) in [7, 11) is -2.55. The van der Waals surface area contributed by atoms with Crippen LogP contribution in [-0.2, 0) is 21.4 Å². The standard InChI is InChI=1S/C23H24N6O5S2/c1-12(20(24)30)10-29-11-26-18-6-5-15(7-17(18)22(29)31)16-8-19(21(34-4)25-9-16)28-36(32,33)23-13(2)27-14(3)35-23/h5-9,11-12,28H,10H2,1-4H3,(H2,24,30)/t12-/m0/s1. The number of thiazole rings is 1. The molecule has 36 heavy (non-hydrogen) atoms. The Kier molecular flexibility index (Phi) is 6.78. The number of methoxy groups -OCH3 is 1. The SMILES string of the molecule is COc1ncc(-c2ccc3ncn(C[C@H](C)C(N)=O)c(=O)c3c2)cc1NS(=O)(=O)c1sc(C)nc1C. The van der Waals surface area contributed by atoms with Crippen molar-refractivity contribution < 1.29 is 17.9 Å². The molecule has 0 aliphatic carbocycles. The highest BCUT2D eigenvalue weighted by atomic mass is 32.2. The molecular formula is C23H24N6O5S2. The summed E-state index contributed by atoms with van der Waals surface area (Å²) >= 11 is 1.07. The Bertz CT molecular complexity index is 1640. The van der Waals surface area contributed by atoms with E-state index in [9.17, 15) is 18.0 Å². The molecule has 0 radical (unpaired) electrons. The molecule has 13 heteroatoms. The number of anilines is 1. The lowest BCUT2D eigenvalue weighted by Crippen LogP contribution is -2.30. The Morgan fingerprint density at radius 1 is 1.22 bits per heavy atom. The number of carbonyl (C=O) groups excluding carboxylic acids is 1. The fraction of sp³-hybridized carbons (Fsp3) is 0.261. The molecule has 3 aromatic heterocycles. The summed E-state index contributed by atoms with van der Waals surface area (Å²) in [5.74, 6) is -0.970. The van der Waals surface area contributed by atoms with Gasteiger partial charge in [-0.1, -0.05) is 13.0 Å². The fourth-order valence-corrected chi connectivity index (χ4v) is 6.19. The van der Waals surface area contributed by atoms with E-state index in [1.54, 1.807) is 45.0 Å². The predicted octanol–water partition coefficient (Wildman–Crippen LogP) is 2.46. The van der Waals surface area contributed by atoms with Crippen LogP contribution in [0.3, 0.4) is 0 Å². The molecule has 1 amide bonds. The number of hydrogen-bond acceptors (Lipinski definition) is 9. The highest BCUT2D eigenvalue weighted by Gasteiger charge is 2.23. The van der Waals surface area contributed by atoms with Crippen LogP contribution in [0.5, 0.6) is 5.88 Å². The summed E-state index contributed by atoms with van der Waals surface area (Å²) in [6.07, 6.45) is 2.90. The van der Waals surface area contributed by atoms with Gasteiger partial charge in [-0.3, -0.25) is 18.9 Å². The second kappa shape index (κ2) is 9.66. The molecule has 0 bridgehead atoms. The van der Waals surface area contributed by atoms with Crippen molar-refractivity contribution in [3.8, 4) is 17.0 Å². The van der Waals surface area contributed by atoms with Crippen LogP contribution in [-0.4, -0.2) is 41.0 Å². The molecule has 4 aromatic rings. The molecule has 1 atom stereocenters. The number of hydrogen-bond donors (Lipinski definition) is 2. The van der Waals surface area contributed by atoms with Gasteiger partial charge in [0.15, 0.2) is 4.21 Å². The van der Waals surface area contributed by atoms with Crippen LogP contribution in [0.4, 0.5) is 5.69 Å². The van der Waals surface area contributed by atoms with E-state index in [0.717, 1.165) is 11.3 Å². The summed E-state index contributed by atoms with van der Waals surface area (Å²) in [4.78, 5) is 37.2. The van der Waals surface area contributed by atoms with Crippen LogP contribution in [0.25, 0.3) is 22.0 Å². The Hall–Kier alpha value is -3.84. The zero-order valence-electron chi connectivity index (χ0n) is 20.0. The number of nitrogens with two attached hydrogens (primary N) is 1. The molecule has 188 valence electrons. The highest BCUT2D eigenvalue weighted by molar-refractivity contribution is 7.94. The Morgan fingerprint density at radius 3 is 2.61 bits per heavy atom. The maximum Gasteiger partial charge on any atom is 0.273 e. The van der Waals surface area contributed by atoms with E-state index >= 15 is 0 Å². The first kappa shape index (κ1) is 25.3. The molecule has 3 N–H and O–H groups in total. The third-order valence-corrected chi connectivity index (χ3v) is 8.56. The van der Waals surface area contributed by atoms with E-state index in [-0.39, 0.29) is 27.9 Å². The number of ether oxygens (including phenoxy) is 1. The minimum absolute atomic E-state index is 0.0893. The maximum atomic E-state index is 13.1. The number of aryl methyl sites for hydroxylation is 2. The number of benzene rings is 1. The van der Waals surface area contributed by atoms with E-state index < -0.39 is 21.8 Å². The quantitative estimate of drug-likeness (QED) is 0.353. The van der Waals surface area contributed by atoms with Gasteiger partial charge in [-0.15, -0.1) is 11.3 Å². The minimum Gasteiger partial charge on any atom is -0.480 e. The van der Waals surface area contributed by atoms with Gasteiger partial charge in [-0.05, 0) is 37.6 Å². The third kappa shape index (κ3) is 4.93. The number of pyridine rings is 1. The Morgan fingerprint density at radius 2 is 1.97 bits per heavy atom. The lowest BCUT2D eigenvalue weighted by molar-refractivity contribution is -0.121. The first-order chi connectivity index (χ1) is 17.0. The molecule has 3 heterocycles. The number of nitrogens with zero attached hydrogens (tertiary/aromatic N) is 4. The number of amides is 1. The van der Waals surface area contributed by atoms with Crippen LogP contribution in [0.2, 0.25) is 0 Å². The normalized spacial score (nSPS) is 12.4. The van der Waals surface area contributed by atoms with Gasteiger partial charge in [0.1, 0.15) is 5.69 Å². The number of fused-ring (bicyclic) bond motifs is 1. The second-order valence-corrected chi connectivity index (χ2v) is 11.3. The van der Waals surface area contributed by atoms with Crippen LogP contribution in [0, 0.1) is 19.8 Å². The van der Waals surface area contributed by atoms with Crippen molar-refractivity contribution in [2.24, 2.45) is 11.7 Å². The zero-order chi connectivity index (χ0) is 26.2. The van der Waals surface area contributed by atoms with Crippen LogP contribution in [0.15, 0.2) is 45.8 Å². The molecule has 0 spiro atoms. The molecule has 0 unspecified atom stereocenters. The van der Waals surface area contributed by atoms with E-state index in [2.05, 4.69) is 19.7 Å². The molecular weight excluding hydrogens is 504 g/mol. The number of nitrogens with one attached hydrogen (secondary N) is 1. The molecule has 0 fully saturated rings. The van der Waals surface area contributed by atoms with Crippen molar-refractivity contribution in [1.29, 1.82) is 0 Å². The smallest absolute Gasteiger partial charge is 0.273 e. The number of carbonyl (C=O) groups is 1. The number of primary amides is 1. The second-order valence-electron chi connectivity index (χ2n) is 8.23. The van der Waals surface area contributed by atoms with Gasteiger partial charge in [0.2, 0.25) is 11.8 Å². The molecule has 0 aliphatic rings. The number of aromatic nitrogens is 4. The van der Waals surface area contributed by atoms with Gasteiger partial charge in [-0.25, -0.2) is 23.4 Å². The number of rotatable bonds is 8. The van der Waals surface area contributed by atoms with Gasteiger partial charge in [0, 0.05) is 18.3 Å². The van der Waals surface area contributed by atoms with Crippen molar-refractivity contribution >= 4 is 43.9 Å². The van der Waals surface area contributed by atoms with Gasteiger partial charge in [-0.2, -0.15) is 0 Å². The van der Waals surface area contributed by atoms with Crippen molar-refractivity contribution in [3.63, 3.8) is 0 Å². The van der Waals surface area contributed by atoms with Crippen LogP contribution < -0.4 is 20.8 Å². The third-order valence-electron chi connectivity index (χ3n) is 5.51. The Balaban J connectivity index is 1.75. The van der Waals surface area contributed by atoms with Gasteiger partial charge in [0.05, 0.1) is 41.0 Å². The molecule has 0 saturated carbocycles. The topological polar surface area (TPSA) is 159 Å². The Labute approximate surface area is 211 Å². The van der Waals surface area contributed by atoms with Crippen LogP contribution >= 0.6 is 11.3 Å². The average molecular weight is 529 g/mol. The average Bonchev–Trinajstić information content (AvgIpc) is 3.19. The van der Waals surface area contributed by atoms with Crippen LogP contribution in [0.1, 0.15) is 17.6 Å². The van der Waals surface area contributed by atoms with Crippen molar-refractivity contribution in [1.82, 2.24) is 19.5 Å². The van der Waals surface area contributed by atoms with Crippen molar-refractivity contribution in [2.45, 2.75) is 31.5 Å². The lowest BCUT2D eigenvalue weighted by Gasteiger charge is -2.13. The van der Waals surface area contributed by atoms with E-state index in [1.807, 2.05) is 0 Å². The maximum absolute atomic E-state index is 13.1. The molecule has 4 rings (SSSR count). The first-order valence-electron chi connectivity index (χ1n) is 10.8. The molecule has 1 aromatic carbocycles. The van der Waals surface area contributed by atoms with Gasteiger partial charge >= 0.3 is 0 Å².